The van der Waals surface area contributed by atoms with Gasteiger partial charge in [0.25, 0.3) is 5.91 Å². The number of carbonyl (C=O) groups is 2. The number of aromatic nitrogens is 2. The van der Waals surface area contributed by atoms with Crippen LogP contribution < -0.4 is 10.1 Å². The average molecular weight is 403 g/mol. The van der Waals surface area contributed by atoms with Crippen LogP contribution in [0.1, 0.15) is 25.4 Å². The number of rotatable bonds is 8. The lowest BCUT2D eigenvalue weighted by molar-refractivity contribution is -0.149. The molecular weight excluding hydrogens is 384 g/mol. The van der Waals surface area contributed by atoms with Crippen molar-refractivity contribution < 1.29 is 27.8 Å². The molecule has 1 amide bonds. The van der Waals surface area contributed by atoms with Gasteiger partial charge in [-0.15, -0.1) is 0 Å². The lowest BCUT2D eigenvalue weighted by Crippen LogP contribution is -2.34. The fourth-order valence-electron chi connectivity index (χ4n) is 2.73. The van der Waals surface area contributed by atoms with E-state index in [0.29, 0.717) is 11.3 Å². The number of nitrogens with zero attached hydrogens (tertiary/aromatic N) is 2. The summed E-state index contributed by atoms with van der Waals surface area (Å²) >= 11 is 0. The van der Waals surface area contributed by atoms with E-state index in [-0.39, 0.29) is 17.9 Å². The summed E-state index contributed by atoms with van der Waals surface area (Å²) in [6.45, 7) is -2.09. The summed E-state index contributed by atoms with van der Waals surface area (Å²) in [4.78, 5) is 27.9. The molecule has 0 spiro atoms. The van der Waals surface area contributed by atoms with Crippen LogP contribution in [0.2, 0.25) is 0 Å². The molecule has 0 aliphatic carbocycles. The van der Waals surface area contributed by atoms with E-state index in [1.165, 1.54) is 13.0 Å². The van der Waals surface area contributed by atoms with Crippen LogP contribution in [-0.4, -0.2) is 34.6 Å². The summed E-state index contributed by atoms with van der Waals surface area (Å²) in [6, 6.07) is 15.1. The Kier molecular flexibility index (Phi) is 6.38. The van der Waals surface area contributed by atoms with Gasteiger partial charge in [-0.1, -0.05) is 30.3 Å². The fraction of sp³-hybridized carbons (Fsp3) is 0.250. The van der Waals surface area contributed by atoms with Crippen molar-refractivity contribution >= 4 is 22.9 Å². The van der Waals surface area contributed by atoms with Crippen molar-refractivity contribution in [2.24, 2.45) is 0 Å². The van der Waals surface area contributed by atoms with E-state index < -0.39 is 31.1 Å². The monoisotopic (exact) mass is 403 g/mol. The first kappa shape index (κ1) is 20.2. The van der Waals surface area contributed by atoms with Gasteiger partial charge in [0, 0.05) is 0 Å². The van der Waals surface area contributed by atoms with Crippen LogP contribution in [0.15, 0.2) is 54.6 Å². The van der Waals surface area contributed by atoms with E-state index >= 15 is 0 Å². The number of amides is 1. The number of nitrogens with one attached hydrogen (secondary N) is 1. The first-order chi connectivity index (χ1) is 14.0. The largest absolute Gasteiger partial charge is 0.484 e. The summed E-state index contributed by atoms with van der Waals surface area (Å²) < 4.78 is 38.1. The molecule has 0 bridgehead atoms. The van der Waals surface area contributed by atoms with E-state index in [9.17, 15) is 18.4 Å². The van der Waals surface area contributed by atoms with Gasteiger partial charge in [-0.05, 0) is 31.2 Å². The predicted molar refractivity (Wildman–Crippen MR) is 100 cm³/mol. The molecule has 7 nitrogen and oxygen atoms in total. The van der Waals surface area contributed by atoms with Crippen molar-refractivity contribution in [3.8, 4) is 5.75 Å². The highest BCUT2D eigenvalue weighted by Gasteiger charge is 2.24. The van der Waals surface area contributed by atoms with Gasteiger partial charge in [0.15, 0.2) is 18.5 Å². The Bertz CT molecular complexity index is 992. The molecule has 1 N–H and O–H groups in total. The van der Waals surface area contributed by atoms with E-state index in [4.69, 9.17) is 9.47 Å². The number of hydrogen-bond donors (Lipinski definition) is 1. The Hall–Kier alpha value is -3.49. The molecule has 1 heterocycles. The Morgan fingerprint density at radius 1 is 1.10 bits per heavy atom. The predicted octanol–water partition coefficient (Wildman–Crippen LogP) is 3.23. The molecule has 3 rings (SSSR count). The van der Waals surface area contributed by atoms with Crippen molar-refractivity contribution in [1.29, 1.82) is 0 Å². The maximum Gasteiger partial charge on any atom is 0.326 e. The van der Waals surface area contributed by atoms with Gasteiger partial charge in [0.1, 0.15) is 12.3 Å². The van der Waals surface area contributed by atoms with Crippen LogP contribution >= 0.6 is 0 Å². The summed E-state index contributed by atoms with van der Waals surface area (Å²) in [5.74, 6) is -0.852. The molecular formula is C20H19F2N3O4. The first-order valence-electron chi connectivity index (χ1n) is 8.84. The number of halogens is 2. The zero-order chi connectivity index (χ0) is 20.8. The van der Waals surface area contributed by atoms with Gasteiger partial charge in [-0.25, -0.2) is 4.98 Å². The number of alkyl halides is 2. The number of fused-ring (bicyclic) bond motifs is 1. The van der Waals surface area contributed by atoms with Crippen LogP contribution in [0.25, 0.3) is 11.0 Å². The highest BCUT2D eigenvalue weighted by molar-refractivity contribution is 5.83. The summed E-state index contributed by atoms with van der Waals surface area (Å²) in [6.07, 6.45) is -1.03. The Morgan fingerprint density at radius 3 is 2.52 bits per heavy atom. The molecule has 0 aliphatic rings. The molecule has 0 radical (unpaired) electrons. The summed E-state index contributed by atoms with van der Waals surface area (Å²) in [5, 5.41) is 2.36. The topological polar surface area (TPSA) is 82.4 Å². The molecule has 152 valence electrons. The van der Waals surface area contributed by atoms with Crippen LogP contribution in [0.5, 0.6) is 5.75 Å². The first-order valence-corrected chi connectivity index (χ1v) is 8.84. The van der Waals surface area contributed by atoms with Crippen molar-refractivity contribution in [3.63, 3.8) is 0 Å². The minimum atomic E-state index is -2.84. The number of hydrogen-bond acceptors (Lipinski definition) is 5. The van der Waals surface area contributed by atoms with Crippen molar-refractivity contribution in [3.05, 3.63) is 60.4 Å². The average Bonchev–Trinajstić information content (AvgIpc) is 3.11. The lowest BCUT2D eigenvalue weighted by atomic mass is 10.3. The third-order valence-corrected chi connectivity index (χ3v) is 4.03. The maximum atomic E-state index is 13.5. The molecule has 1 atom stereocenters. The molecule has 9 heteroatoms. The van der Waals surface area contributed by atoms with Gasteiger partial charge < -0.3 is 14.8 Å². The van der Waals surface area contributed by atoms with Crippen molar-refractivity contribution in [2.75, 3.05) is 13.2 Å². The van der Waals surface area contributed by atoms with E-state index in [0.717, 1.165) is 4.57 Å². The standard InChI is InChI=1S/C20H19F2N3O4/c1-13(19-24-15-9-5-6-10-16(15)25(19)20(21)22)29-18(27)11-23-17(26)12-28-14-7-3-2-4-8-14/h2-10,13,20H,11-12H2,1H3,(H,23,26). The normalized spacial score (nSPS) is 12.0. The second-order valence-corrected chi connectivity index (χ2v) is 6.12. The lowest BCUT2D eigenvalue weighted by Gasteiger charge is -2.15. The number of carbonyl (C=O) groups excluding carboxylic acids is 2. The minimum Gasteiger partial charge on any atom is -0.484 e. The third-order valence-electron chi connectivity index (χ3n) is 4.03. The van der Waals surface area contributed by atoms with E-state index in [1.54, 1.807) is 42.5 Å². The van der Waals surface area contributed by atoms with E-state index in [2.05, 4.69) is 10.3 Å². The second-order valence-electron chi connectivity index (χ2n) is 6.12. The number of imidazole rings is 1. The third kappa shape index (κ3) is 5.07. The van der Waals surface area contributed by atoms with E-state index in [1.807, 2.05) is 6.07 Å². The Balaban J connectivity index is 1.55. The summed E-state index contributed by atoms with van der Waals surface area (Å²) in [7, 11) is 0. The second kappa shape index (κ2) is 9.13. The van der Waals surface area contributed by atoms with Crippen LogP contribution in [0.3, 0.4) is 0 Å². The zero-order valence-electron chi connectivity index (χ0n) is 15.5. The van der Waals surface area contributed by atoms with Crippen LogP contribution in [0, 0.1) is 0 Å². The zero-order valence-corrected chi connectivity index (χ0v) is 15.5. The highest BCUT2D eigenvalue weighted by atomic mass is 19.3. The maximum absolute atomic E-state index is 13.5. The molecule has 1 aromatic heterocycles. The quantitative estimate of drug-likeness (QED) is 0.584. The van der Waals surface area contributed by atoms with Gasteiger partial charge in [-0.2, -0.15) is 8.78 Å². The molecule has 3 aromatic rings. The molecule has 1 unspecified atom stereocenters. The number of benzene rings is 2. The highest BCUT2D eigenvalue weighted by Crippen LogP contribution is 2.28. The van der Waals surface area contributed by atoms with Crippen LogP contribution in [0.4, 0.5) is 8.78 Å². The summed E-state index contributed by atoms with van der Waals surface area (Å²) in [5.41, 5.74) is 0.615. The fourth-order valence-corrected chi connectivity index (χ4v) is 2.73. The number of para-hydroxylation sites is 3. The number of esters is 1. The van der Waals surface area contributed by atoms with Crippen molar-refractivity contribution in [1.82, 2.24) is 14.9 Å². The molecule has 0 saturated carbocycles. The smallest absolute Gasteiger partial charge is 0.326 e. The Labute approximate surface area is 165 Å². The Morgan fingerprint density at radius 2 is 1.79 bits per heavy atom. The SMILES string of the molecule is CC(OC(=O)CNC(=O)COc1ccccc1)c1nc2ccccc2n1C(F)F. The minimum absolute atomic E-state index is 0.0757. The van der Waals surface area contributed by atoms with Crippen LogP contribution in [-0.2, 0) is 14.3 Å². The van der Waals surface area contributed by atoms with Crippen molar-refractivity contribution in [2.45, 2.75) is 19.6 Å². The molecule has 0 aliphatic heterocycles. The van der Waals surface area contributed by atoms with Gasteiger partial charge in [-0.3, -0.25) is 14.2 Å². The molecule has 0 saturated heterocycles. The molecule has 29 heavy (non-hydrogen) atoms. The number of ether oxygens (including phenoxy) is 2. The van der Waals surface area contributed by atoms with Gasteiger partial charge in [0.2, 0.25) is 0 Å². The van der Waals surface area contributed by atoms with Gasteiger partial charge >= 0.3 is 12.5 Å². The molecule has 2 aromatic carbocycles. The van der Waals surface area contributed by atoms with Gasteiger partial charge in [0.05, 0.1) is 11.0 Å². The molecule has 0 fully saturated rings.